The summed E-state index contributed by atoms with van der Waals surface area (Å²) in [6.07, 6.45) is 6.02. The van der Waals surface area contributed by atoms with Gasteiger partial charge in [-0.05, 0) is 50.4 Å². The molecule has 0 aliphatic carbocycles. The Labute approximate surface area is 145 Å². The highest BCUT2D eigenvalue weighted by molar-refractivity contribution is 5.91. The Morgan fingerprint density at radius 2 is 2.12 bits per heavy atom. The summed E-state index contributed by atoms with van der Waals surface area (Å²) in [5.74, 6) is 1.86. The van der Waals surface area contributed by atoms with E-state index in [2.05, 4.69) is 49.9 Å². The van der Waals surface area contributed by atoms with Crippen molar-refractivity contribution < 1.29 is 4.52 Å². The van der Waals surface area contributed by atoms with Crippen molar-refractivity contribution in [3.63, 3.8) is 0 Å². The Morgan fingerprint density at radius 3 is 3.00 bits per heavy atom. The fraction of sp³-hybridized carbons (Fsp3) is 0.400. The Morgan fingerprint density at radius 1 is 1.20 bits per heavy atom. The monoisotopic (exact) mass is 332 g/mol. The van der Waals surface area contributed by atoms with Crippen molar-refractivity contribution >= 4 is 16.6 Å². The van der Waals surface area contributed by atoms with Gasteiger partial charge >= 0.3 is 0 Å². The summed E-state index contributed by atoms with van der Waals surface area (Å²) < 4.78 is 7.98. The molecule has 0 saturated carbocycles. The first kappa shape index (κ1) is 13.8. The van der Waals surface area contributed by atoms with Gasteiger partial charge in [-0.25, -0.2) is 0 Å². The van der Waals surface area contributed by atoms with E-state index in [4.69, 9.17) is 4.52 Å². The number of fused-ring (bicyclic) bond motifs is 3. The fourth-order valence-electron chi connectivity index (χ4n) is 5.16. The minimum absolute atomic E-state index is 0.498. The van der Waals surface area contributed by atoms with E-state index < -0.39 is 0 Å². The Hall–Kier alpha value is -2.40. The number of hydrogen-bond acceptors (Lipinski definition) is 4. The Balaban J connectivity index is 1.70. The van der Waals surface area contributed by atoms with E-state index in [-0.39, 0.29) is 0 Å². The van der Waals surface area contributed by atoms with Crippen LogP contribution in [0.4, 0.5) is 0 Å². The van der Waals surface area contributed by atoms with Gasteiger partial charge in [0.15, 0.2) is 5.82 Å². The van der Waals surface area contributed by atoms with Crippen LogP contribution < -0.4 is 0 Å². The van der Waals surface area contributed by atoms with Crippen LogP contribution in [-0.4, -0.2) is 32.7 Å². The van der Waals surface area contributed by atoms with Gasteiger partial charge in [0.1, 0.15) is 5.70 Å². The van der Waals surface area contributed by atoms with Gasteiger partial charge in [0.2, 0.25) is 0 Å². The summed E-state index contributed by atoms with van der Waals surface area (Å²) in [4.78, 5) is 7.22. The molecule has 2 atom stereocenters. The summed E-state index contributed by atoms with van der Waals surface area (Å²) in [5, 5.41) is 5.41. The zero-order valence-corrected chi connectivity index (χ0v) is 14.3. The molecular formula is C20H20N4O. The predicted molar refractivity (Wildman–Crippen MR) is 95.1 cm³/mol. The molecule has 5 nitrogen and oxygen atoms in total. The molecule has 5 heterocycles. The van der Waals surface area contributed by atoms with Crippen LogP contribution >= 0.6 is 0 Å². The average molecular weight is 332 g/mol. The quantitative estimate of drug-likeness (QED) is 0.684. The summed E-state index contributed by atoms with van der Waals surface area (Å²) in [5.41, 5.74) is 5.32. The lowest BCUT2D eigenvalue weighted by Crippen LogP contribution is -2.45. The molecule has 0 N–H and O–H groups in total. The molecule has 2 unspecified atom stereocenters. The smallest absolute Gasteiger partial charge is 0.274 e. The number of para-hydroxylation sites is 1. The van der Waals surface area contributed by atoms with Gasteiger partial charge in [-0.15, -0.1) is 0 Å². The fourth-order valence-corrected chi connectivity index (χ4v) is 5.16. The van der Waals surface area contributed by atoms with Crippen molar-refractivity contribution in [3.05, 3.63) is 53.3 Å². The lowest BCUT2D eigenvalue weighted by Gasteiger charge is -2.46. The topological polar surface area (TPSA) is 47.1 Å². The molecule has 6 rings (SSSR count). The van der Waals surface area contributed by atoms with E-state index >= 15 is 0 Å². The second-order valence-corrected chi connectivity index (χ2v) is 7.45. The van der Waals surface area contributed by atoms with Crippen molar-refractivity contribution in [2.45, 2.75) is 32.2 Å². The highest BCUT2D eigenvalue weighted by Crippen LogP contribution is 2.49. The number of hydrogen-bond donors (Lipinski definition) is 0. The molecule has 5 heteroatoms. The van der Waals surface area contributed by atoms with E-state index in [0.29, 0.717) is 23.7 Å². The maximum Gasteiger partial charge on any atom is 0.274 e. The molecule has 3 aromatic rings. The standard InChI is InChI=1S/C20H20N4O/c1-12-21-20(25-22-12)17-11-13-5-4-9-23-10-8-15-14-6-2-3-7-16(14)24(17)19(15)18(13)23/h2-3,6-7,11,13,18H,4-5,8-10H2,1H3. The lowest BCUT2D eigenvalue weighted by molar-refractivity contribution is 0.0974. The summed E-state index contributed by atoms with van der Waals surface area (Å²) >= 11 is 0. The van der Waals surface area contributed by atoms with Crippen LogP contribution in [0.1, 0.15) is 41.9 Å². The van der Waals surface area contributed by atoms with Crippen molar-refractivity contribution in [2.75, 3.05) is 13.1 Å². The number of rotatable bonds is 1. The normalized spacial score (nSPS) is 25.1. The van der Waals surface area contributed by atoms with E-state index in [0.717, 1.165) is 12.1 Å². The van der Waals surface area contributed by atoms with E-state index in [1.54, 1.807) is 0 Å². The first-order valence-corrected chi connectivity index (χ1v) is 9.20. The first-order valence-electron chi connectivity index (χ1n) is 9.20. The minimum atomic E-state index is 0.498. The number of aromatic nitrogens is 3. The molecule has 1 saturated heterocycles. The van der Waals surface area contributed by atoms with Crippen LogP contribution in [0.2, 0.25) is 0 Å². The molecular weight excluding hydrogens is 312 g/mol. The second-order valence-electron chi connectivity index (χ2n) is 7.45. The van der Waals surface area contributed by atoms with Crippen molar-refractivity contribution in [1.29, 1.82) is 0 Å². The summed E-state index contributed by atoms with van der Waals surface area (Å²) in [6, 6.07) is 9.25. The molecule has 0 spiro atoms. The molecule has 1 fully saturated rings. The lowest BCUT2D eigenvalue weighted by atomic mass is 9.80. The molecule has 0 radical (unpaired) electrons. The van der Waals surface area contributed by atoms with Crippen LogP contribution in [0.3, 0.4) is 0 Å². The van der Waals surface area contributed by atoms with Gasteiger partial charge in [0, 0.05) is 23.5 Å². The van der Waals surface area contributed by atoms with E-state index in [1.807, 2.05) is 6.92 Å². The third-order valence-corrected chi connectivity index (χ3v) is 6.09. The highest BCUT2D eigenvalue weighted by Gasteiger charge is 2.43. The highest BCUT2D eigenvalue weighted by atomic mass is 16.5. The van der Waals surface area contributed by atoms with Crippen LogP contribution in [0.25, 0.3) is 16.6 Å². The Bertz CT molecular complexity index is 1030. The molecule has 0 bridgehead atoms. The molecule has 2 aromatic heterocycles. The molecule has 25 heavy (non-hydrogen) atoms. The maximum atomic E-state index is 5.58. The van der Waals surface area contributed by atoms with Gasteiger partial charge in [0.05, 0.1) is 11.6 Å². The minimum Gasteiger partial charge on any atom is -0.332 e. The molecule has 0 amide bonds. The molecule has 1 aromatic carbocycles. The largest absolute Gasteiger partial charge is 0.332 e. The number of aryl methyl sites for hydroxylation is 1. The zero-order chi connectivity index (χ0) is 16.5. The van der Waals surface area contributed by atoms with E-state index in [9.17, 15) is 0 Å². The molecule has 126 valence electrons. The third kappa shape index (κ3) is 1.76. The average Bonchev–Trinajstić information content (AvgIpc) is 3.22. The second kappa shape index (κ2) is 4.82. The van der Waals surface area contributed by atoms with Crippen molar-refractivity contribution in [1.82, 2.24) is 19.6 Å². The zero-order valence-electron chi connectivity index (χ0n) is 14.3. The van der Waals surface area contributed by atoms with Crippen molar-refractivity contribution in [3.8, 4) is 0 Å². The number of nitrogens with zero attached hydrogens (tertiary/aromatic N) is 4. The maximum absolute atomic E-state index is 5.58. The summed E-state index contributed by atoms with van der Waals surface area (Å²) in [7, 11) is 0. The van der Waals surface area contributed by atoms with Gasteiger partial charge in [0.25, 0.3) is 5.89 Å². The Kier molecular flexibility index (Phi) is 2.67. The van der Waals surface area contributed by atoms with Crippen LogP contribution in [0.15, 0.2) is 34.9 Å². The molecule has 3 aliphatic heterocycles. The third-order valence-electron chi connectivity index (χ3n) is 6.09. The summed E-state index contributed by atoms with van der Waals surface area (Å²) in [6.45, 7) is 4.26. The SMILES string of the molecule is Cc1noc(C2=CC3CCCN4CCc5c(n2c2ccccc52)C34)n1. The van der Waals surface area contributed by atoms with Crippen LogP contribution in [0.5, 0.6) is 0 Å². The van der Waals surface area contributed by atoms with Crippen LogP contribution in [-0.2, 0) is 6.42 Å². The van der Waals surface area contributed by atoms with Crippen LogP contribution in [0, 0.1) is 12.8 Å². The van der Waals surface area contributed by atoms with Gasteiger partial charge in [-0.3, -0.25) is 4.90 Å². The van der Waals surface area contributed by atoms with E-state index in [1.165, 1.54) is 48.1 Å². The van der Waals surface area contributed by atoms with Gasteiger partial charge < -0.3 is 9.09 Å². The number of piperidine rings is 1. The number of benzene rings is 1. The first-order chi connectivity index (χ1) is 12.3. The van der Waals surface area contributed by atoms with Gasteiger partial charge in [-0.2, -0.15) is 4.98 Å². The molecule has 3 aliphatic rings. The van der Waals surface area contributed by atoms with Gasteiger partial charge in [-0.1, -0.05) is 23.4 Å². The van der Waals surface area contributed by atoms with Crippen molar-refractivity contribution in [2.24, 2.45) is 5.92 Å². The predicted octanol–water partition coefficient (Wildman–Crippen LogP) is 3.54.